The van der Waals surface area contributed by atoms with Gasteiger partial charge in [0.15, 0.2) is 6.61 Å². The highest BCUT2D eigenvalue weighted by molar-refractivity contribution is 5.93. The molecule has 4 aromatic rings. The van der Waals surface area contributed by atoms with E-state index in [0.29, 0.717) is 28.2 Å². The van der Waals surface area contributed by atoms with Crippen LogP contribution in [0.15, 0.2) is 77.6 Å². The molecular formula is C21H17N3O4. The molecule has 1 amide bonds. The first-order valence-corrected chi connectivity index (χ1v) is 8.63. The monoisotopic (exact) mass is 375 g/mol. The van der Waals surface area contributed by atoms with Crippen LogP contribution in [-0.4, -0.2) is 22.5 Å². The van der Waals surface area contributed by atoms with Crippen LogP contribution >= 0.6 is 0 Å². The lowest BCUT2D eigenvalue weighted by Crippen LogP contribution is -2.20. The third kappa shape index (κ3) is 4.21. The summed E-state index contributed by atoms with van der Waals surface area (Å²) in [6, 6.07) is 21.6. The van der Waals surface area contributed by atoms with Crippen LogP contribution in [0, 0.1) is 0 Å². The number of carbonyl (C=O) groups is 1. The number of imidazole rings is 1. The van der Waals surface area contributed by atoms with Gasteiger partial charge in [0.25, 0.3) is 5.91 Å². The lowest BCUT2D eigenvalue weighted by atomic mass is 10.3. The molecule has 7 nitrogen and oxygen atoms in total. The van der Waals surface area contributed by atoms with Gasteiger partial charge in [0, 0.05) is 5.69 Å². The van der Waals surface area contributed by atoms with Crippen LogP contribution in [0.1, 0.15) is 0 Å². The highest BCUT2D eigenvalue weighted by atomic mass is 16.5. The van der Waals surface area contributed by atoms with Crippen molar-refractivity contribution in [3.05, 3.63) is 83.3 Å². The molecule has 0 saturated heterocycles. The topological polar surface area (TPSA) is 96.2 Å². The average molecular weight is 375 g/mol. The Kier molecular flexibility index (Phi) is 4.79. The molecule has 28 heavy (non-hydrogen) atoms. The zero-order chi connectivity index (χ0) is 19.3. The van der Waals surface area contributed by atoms with Gasteiger partial charge in [-0.05, 0) is 54.6 Å². The first-order chi connectivity index (χ1) is 13.7. The highest BCUT2D eigenvalue weighted by Crippen LogP contribution is 2.23. The number of aromatic amines is 2. The van der Waals surface area contributed by atoms with Crippen LogP contribution in [0.25, 0.3) is 11.0 Å². The van der Waals surface area contributed by atoms with Gasteiger partial charge in [0.2, 0.25) is 0 Å². The first-order valence-electron chi connectivity index (χ1n) is 8.63. The number of ether oxygens (including phenoxy) is 2. The molecule has 7 heteroatoms. The Morgan fingerprint density at radius 2 is 1.50 bits per heavy atom. The standard InChI is InChI=1S/C21H17N3O4/c25-20(22-14-6-11-18-19(12-14)24-21(26)23-18)13-27-15-7-9-17(10-8-15)28-16-4-2-1-3-5-16/h1-12H,13H2,(H,22,25)(H2,23,24,26). The minimum absolute atomic E-state index is 0.138. The second-order valence-electron chi connectivity index (χ2n) is 6.06. The fourth-order valence-electron chi connectivity index (χ4n) is 2.68. The summed E-state index contributed by atoms with van der Waals surface area (Å²) in [5.41, 5.74) is 1.58. The van der Waals surface area contributed by atoms with Crippen molar-refractivity contribution in [2.75, 3.05) is 11.9 Å². The summed E-state index contributed by atoms with van der Waals surface area (Å²) in [5, 5.41) is 2.73. The molecule has 3 aromatic carbocycles. The molecule has 0 fully saturated rings. The molecule has 0 saturated carbocycles. The number of para-hydroxylation sites is 1. The number of anilines is 1. The lowest BCUT2D eigenvalue weighted by molar-refractivity contribution is -0.118. The van der Waals surface area contributed by atoms with E-state index in [1.807, 2.05) is 30.3 Å². The van der Waals surface area contributed by atoms with E-state index in [4.69, 9.17) is 9.47 Å². The minimum atomic E-state index is -0.304. The van der Waals surface area contributed by atoms with Gasteiger partial charge >= 0.3 is 5.69 Å². The summed E-state index contributed by atoms with van der Waals surface area (Å²) < 4.78 is 11.2. The van der Waals surface area contributed by atoms with Crippen LogP contribution in [0.3, 0.4) is 0 Å². The Labute approximate surface area is 159 Å². The normalized spacial score (nSPS) is 10.6. The third-order valence-corrected chi connectivity index (χ3v) is 3.97. The zero-order valence-electron chi connectivity index (χ0n) is 14.8. The smallest absolute Gasteiger partial charge is 0.323 e. The predicted molar refractivity (Wildman–Crippen MR) is 106 cm³/mol. The predicted octanol–water partition coefficient (Wildman–Crippen LogP) is 3.67. The second kappa shape index (κ2) is 7.71. The molecule has 0 spiro atoms. The van der Waals surface area contributed by atoms with E-state index in [1.165, 1.54) is 0 Å². The number of hydrogen-bond donors (Lipinski definition) is 3. The molecule has 0 aliphatic heterocycles. The SMILES string of the molecule is O=C(COc1ccc(Oc2ccccc2)cc1)Nc1ccc2[nH]c(=O)[nH]c2c1. The molecule has 3 N–H and O–H groups in total. The van der Waals surface area contributed by atoms with Gasteiger partial charge in [-0.3, -0.25) is 4.79 Å². The molecule has 0 aliphatic rings. The van der Waals surface area contributed by atoms with Gasteiger partial charge in [-0.25, -0.2) is 4.79 Å². The minimum Gasteiger partial charge on any atom is -0.484 e. The van der Waals surface area contributed by atoms with Crippen LogP contribution in [-0.2, 0) is 4.79 Å². The number of fused-ring (bicyclic) bond motifs is 1. The van der Waals surface area contributed by atoms with E-state index >= 15 is 0 Å². The van der Waals surface area contributed by atoms with Gasteiger partial charge < -0.3 is 24.8 Å². The molecule has 140 valence electrons. The molecule has 0 aliphatic carbocycles. The maximum atomic E-state index is 12.1. The van der Waals surface area contributed by atoms with Crippen molar-refractivity contribution in [1.82, 2.24) is 9.97 Å². The number of H-pyrrole nitrogens is 2. The summed E-state index contributed by atoms with van der Waals surface area (Å²) in [6.07, 6.45) is 0. The number of aromatic nitrogens is 2. The highest BCUT2D eigenvalue weighted by Gasteiger charge is 2.06. The van der Waals surface area contributed by atoms with E-state index in [1.54, 1.807) is 42.5 Å². The van der Waals surface area contributed by atoms with Crippen molar-refractivity contribution in [2.45, 2.75) is 0 Å². The van der Waals surface area contributed by atoms with Crippen LogP contribution in [0.5, 0.6) is 17.2 Å². The van der Waals surface area contributed by atoms with E-state index in [0.717, 1.165) is 5.75 Å². The van der Waals surface area contributed by atoms with Crippen molar-refractivity contribution >= 4 is 22.6 Å². The molecule has 4 rings (SSSR count). The van der Waals surface area contributed by atoms with Crippen LogP contribution in [0.4, 0.5) is 5.69 Å². The number of rotatable bonds is 6. The fraction of sp³-hybridized carbons (Fsp3) is 0.0476. The number of benzene rings is 3. The fourth-order valence-corrected chi connectivity index (χ4v) is 2.68. The van der Waals surface area contributed by atoms with E-state index in [-0.39, 0.29) is 18.2 Å². The number of carbonyl (C=O) groups excluding carboxylic acids is 1. The largest absolute Gasteiger partial charge is 0.484 e. The van der Waals surface area contributed by atoms with Crippen LogP contribution in [0.2, 0.25) is 0 Å². The molecule has 0 unspecified atom stereocenters. The average Bonchev–Trinajstić information content (AvgIpc) is 3.07. The molecular weight excluding hydrogens is 358 g/mol. The quantitative estimate of drug-likeness (QED) is 0.479. The zero-order valence-corrected chi connectivity index (χ0v) is 14.8. The molecule has 1 heterocycles. The maximum absolute atomic E-state index is 12.1. The Morgan fingerprint density at radius 1 is 0.821 bits per heavy atom. The Balaban J connectivity index is 1.31. The van der Waals surface area contributed by atoms with Gasteiger partial charge in [0.1, 0.15) is 17.2 Å². The van der Waals surface area contributed by atoms with Gasteiger partial charge in [-0.15, -0.1) is 0 Å². The van der Waals surface area contributed by atoms with Crippen molar-refractivity contribution in [3.63, 3.8) is 0 Å². The van der Waals surface area contributed by atoms with E-state index in [2.05, 4.69) is 15.3 Å². The molecule has 0 radical (unpaired) electrons. The van der Waals surface area contributed by atoms with E-state index in [9.17, 15) is 9.59 Å². The van der Waals surface area contributed by atoms with Gasteiger partial charge in [0.05, 0.1) is 11.0 Å². The summed E-state index contributed by atoms with van der Waals surface area (Å²) in [6.45, 7) is -0.138. The van der Waals surface area contributed by atoms with Crippen molar-refractivity contribution in [2.24, 2.45) is 0 Å². The Morgan fingerprint density at radius 3 is 2.29 bits per heavy atom. The number of nitrogens with one attached hydrogen (secondary N) is 3. The number of amides is 1. The van der Waals surface area contributed by atoms with Gasteiger partial charge in [-0.2, -0.15) is 0 Å². The molecule has 0 bridgehead atoms. The number of hydrogen-bond acceptors (Lipinski definition) is 4. The lowest BCUT2D eigenvalue weighted by Gasteiger charge is -2.09. The molecule has 1 aromatic heterocycles. The van der Waals surface area contributed by atoms with Gasteiger partial charge in [-0.1, -0.05) is 18.2 Å². The first kappa shape index (κ1) is 17.4. The summed E-state index contributed by atoms with van der Waals surface area (Å²) in [5.74, 6) is 1.68. The summed E-state index contributed by atoms with van der Waals surface area (Å²) in [7, 11) is 0. The van der Waals surface area contributed by atoms with E-state index < -0.39 is 0 Å². The maximum Gasteiger partial charge on any atom is 0.323 e. The van der Waals surface area contributed by atoms with Crippen molar-refractivity contribution in [1.29, 1.82) is 0 Å². The van der Waals surface area contributed by atoms with Crippen molar-refractivity contribution in [3.8, 4) is 17.2 Å². The Hall–Kier alpha value is -4.00. The summed E-state index contributed by atoms with van der Waals surface area (Å²) in [4.78, 5) is 28.7. The van der Waals surface area contributed by atoms with Crippen molar-refractivity contribution < 1.29 is 14.3 Å². The third-order valence-electron chi connectivity index (χ3n) is 3.97. The van der Waals surface area contributed by atoms with Crippen LogP contribution < -0.4 is 20.5 Å². The second-order valence-corrected chi connectivity index (χ2v) is 6.06. The molecule has 0 atom stereocenters. The summed E-state index contributed by atoms with van der Waals surface area (Å²) >= 11 is 0. The Bertz CT molecular complexity index is 1150.